The lowest BCUT2D eigenvalue weighted by Gasteiger charge is -2.35. The predicted octanol–water partition coefficient (Wildman–Crippen LogP) is 3.03. The summed E-state index contributed by atoms with van der Waals surface area (Å²) in [6.07, 6.45) is 4.99. The number of esters is 1. The van der Waals surface area contributed by atoms with Crippen LogP contribution < -0.4 is 5.73 Å². The summed E-state index contributed by atoms with van der Waals surface area (Å²) < 4.78 is 5.31. The zero-order valence-electron chi connectivity index (χ0n) is 12.3. The zero-order chi connectivity index (χ0) is 14.4. The molecule has 0 bridgehead atoms. The Kier molecular flexibility index (Phi) is 5.18. The van der Waals surface area contributed by atoms with Crippen LogP contribution in [-0.4, -0.2) is 19.1 Å². The Bertz CT molecular complexity index is 432. The first-order valence-electron chi connectivity index (χ1n) is 7.67. The van der Waals surface area contributed by atoms with Crippen molar-refractivity contribution < 1.29 is 9.53 Å². The molecule has 3 nitrogen and oxygen atoms in total. The van der Waals surface area contributed by atoms with Crippen molar-refractivity contribution in [2.24, 2.45) is 11.7 Å². The summed E-state index contributed by atoms with van der Waals surface area (Å²) in [7, 11) is 0. The molecule has 1 aromatic rings. The molecule has 20 heavy (non-hydrogen) atoms. The maximum absolute atomic E-state index is 12.3. The molecule has 2 atom stereocenters. The van der Waals surface area contributed by atoms with Gasteiger partial charge in [-0.25, -0.2) is 0 Å². The third-order valence-corrected chi connectivity index (χ3v) is 4.53. The molecule has 1 aromatic carbocycles. The molecule has 2 N–H and O–H groups in total. The third kappa shape index (κ3) is 2.88. The quantitative estimate of drug-likeness (QED) is 0.812. The molecular formula is C17H25NO2. The van der Waals surface area contributed by atoms with Gasteiger partial charge >= 0.3 is 5.97 Å². The van der Waals surface area contributed by atoms with Crippen molar-refractivity contribution in [3.8, 4) is 0 Å². The van der Waals surface area contributed by atoms with Crippen LogP contribution in [0, 0.1) is 5.92 Å². The Morgan fingerprint density at radius 2 is 2.15 bits per heavy atom. The van der Waals surface area contributed by atoms with Crippen LogP contribution in [0.3, 0.4) is 0 Å². The van der Waals surface area contributed by atoms with E-state index in [0.29, 0.717) is 13.2 Å². The number of nitrogens with two attached hydrogens (primary N) is 1. The van der Waals surface area contributed by atoms with Crippen molar-refractivity contribution in [2.75, 3.05) is 13.2 Å². The van der Waals surface area contributed by atoms with E-state index >= 15 is 0 Å². The van der Waals surface area contributed by atoms with Crippen molar-refractivity contribution in [3.63, 3.8) is 0 Å². The van der Waals surface area contributed by atoms with Crippen molar-refractivity contribution in [1.29, 1.82) is 0 Å². The SMILES string of the molecule is CCOC(=O)C1CCCC1(CCCN)c1ccccc1. The zero-order valence-corrected chi connectivity index (χ0v) is 12.3. The Morgan fingerprint density at radius 3 is 2.80 bits per heavy atom. The van der Waals surface area contributed by atoms with Gasteiger partial charge < -0.3 is 10.5 Å². The van der Waals surface area contributed by atoms with E-state index in [0.717, 1.165) is 32.1 Å². The van der Waals surface area contributed by atoms with Gasteiger partial charge in [0, 0.05) is 5.41 Å². The fraction of sp³-hybridized carbons (Fsp3) is 0.588. The predicted molar refractivity (Wildman–Crippen MR) is 80.4 cm³/mol. The smallest absolute Gasteiger partial charge is 0.309 e. The Labute approximate surface area is 121 Å². The third-order valence-electron chi connectivity index (χ3n) is 4.53. The van der Waals surface area contributed by atoms with E-state index in [1.165, 1.54) is 5.56 Å². The first-order valence-corrected chi connectivity index (χ1v) is 7.67. The van der Waals surface area contributed by atoms with E-state index in [9.17, 15) is 4.79 Å². The van der Waals surface area contributed by atoms with Crippen molar-refractivity contribution in [1.82, 2.24) is 0 Å². The van der Waals surface area contributed by atoms with E-state index in [4.69, 9.17) is 10.5 Å². The molecule has 0 spiro atoms. The molecule has 3 heteroatoms. The molecule has 110 valence electrons. The van der Waals surface area contributed by atoms with Crippen LogP contribution in [-0.2, 0) is 14.9 Å². The second kappa shape index (κ2) is 6.89. The van der Waals surface area contributed by atoms with Gasteiger partial charge in [-0.1, -0.05) is 36.8 Å². The van der Waals surface area contributed by atoms with Crippen LogP contribution in [0.5, 0.6) is 0 Å². The van der Waals surface area contributed by atoms with Gasteiger partial charge in [-0.3, -0.25) is 4.79 Å². The molecule has 0 saturated heterocycles. The lowest BCUT2D eigenvalue weighted by atomic mass is 9.69. The molecule has 2 unspecified atom stereocenters. The summed E-state index contributed by atoms with van der Waals surface area (Å²) in [5, 5.41) is 0. The summed E-state index contributed by atoms with van der Waals surface area (Å²) in [5.74, 6) is -0.0534. The van der Waals surface area contributed by atoms with E-state index in [1.807, 2.05) is 13.0 Å². The Morgan fingerprint density at radius 1 is 1.40 bits per heavy atom. The summed E-state index contributed by atoms with van der Waals surface area (Å²) >= 11 is 0. The molecule has 0 amide bonds. The van der Waals surface area contributed by atoms with Gasteiger partial charge in [0.25, 0.3) is 0 Å². The molecule has 0 aromatic heterocycles. The molecule has 0 aliphatic heterocycles. The van der Waals surface area contributed by atoms with Gasteiger partial charge in [0.05, 0.1) is 12.5 Å². The fourth-order valence-electron chi connectivity index (χ4n) is 3.64. The highest BCUT2D eigenvalue weighted by molar-refractivity contribution is 5.75. The monoisotopic (exact) mass is 275 g/mol. The van der Waals surface area contributed by atoms with Crippen molar-refractivity contribution >= 4 is 5.97 Å². The summed E-state index contributed by atoms with van der Waals surface area (Å²) in [5.41, 5.74) is 6.90. The Hall–Kier alpha value is -1.35. The largest absolute Gasteiger partial charge is 0.466 e. The molecule has 1 fully saturated rings. The minimum atomic E-state index is -0.0765. The molecule has 0 radical (unpaired) electrons. The summed E-state index contributed by atoms with van der Waals surface area (Å²) in [4.78, 5) is 12.3. The van der Waals surface area contributed by atoms with Crippen LogP contribution >= 0.6 is 0 Å². The first-order chi connectivity index (χ1) is 9.74. The van der Waals surface area contributed by atoms with Crippen LogP contribution in [0.25, 0.3) is 0 Å². The second-order valence-corrected chi connectivity index (χ2v) is 5.61. The first kappa shape index (κ1) is 15.0. The van der Waals surface area contributed by atoms with E-state index < -0.39 is 0 Å². The Balaban J connectivity index is 2.32. The molecule has 1 aliphatic rings. The molecule has 1 aliphatic carbocycles. The van der Waals surface area contributed by atoms with Gasteiger partial charge in [-0.05, 0) is 44.7 Å². The average molecular weight is 275 g/mol. The highest BCUT2D eigenvalue weighted by atomic mass is 16.5. The van der Waals surface area contributed by atoms with E-state index in [2.05, 4.69) is 24.3 Å². The number of ether oxygens (including phenoxy) is 1. The molecular weight excluding hydrogens is 250 g/mol. The van der Waals surface area contributed by atoms with Gasteiger partial charge in [-0.15, -0.1) is 0 Å². The fourth-order valence-corrected chi connectivity index (χ4v) is 3.64. The number of benzene rings is 1. The second-order valence-electron chi connectivity index (χ2n) is 5.61. The van der Waals surface area contributed by atoms with Gasteiger partial charge in [0.2, 0.25) is 0 Å². The van der Waals surface area contributed by atoms with Gasteiger partial charge in [0.15, 0.2) is 0 Å². The summed E-state index contributed by atoms with van der Waals surface area (Å²) in [6, 6.07) is 10.4. The lowest BCUT2D eigenvalue weighted by Crippen LogP contribution is -2.37. The van der Waals surface area contributed by atoms with Crippen LogP contribution in [0.4, 0.5) is 0 Å². The van der Waals surface area contributed by atoms with Crippen molar-refractivity contribution in [3.05, 3.63) is 35.9 Å². The maximum Gasteiger partial charge on any atom is 0.309 e. The van der Waals surface area contributed by atoms with Crippen molar-refractivity contribution in [2.45, 2.75) is 44.4 Å². The number of carbonyl (C=O) groups excluding carboxylic acids is 1. The average Bonchev–Trinajstić information content (AvgIpc) is 2.91. The normalized spacial score (nSPS) is 25.6. The number of hydrogen-bond donors (Lipinski definition) is 1. The minimum Gasteiger partial charge on any atom is -0.466 e. The highest BCUT2D eigenvalue weighted by Crippen LogP contribution is 2.49. The summed E-state index contributed by atoms with van der Waals surface area (Å²) in [6.45, 7) is 3.00. The van der Waals surface area contributed by atoms with E-state index in [1.54, 1.807) is 0 Å². The molecule has 1 saturated carbocycles. The standard InChI is InChI=1S/C17H25NO2/c1-2-20-16(19)15-10-6-11-17(15,12-7-13-18)14-8-4-3-5-9-14/h3-5,8-9,15H,2,6-7,10-13,18H2,1H3. The molecule has 0 heterocycles. The number of hydrogen-bond acceptors (Lipinski definition) is 3. The maximum atomic E-state index is 12.3. The van der Waals surface area contributed by atoms with Crippen LogP contribution in [0.1, 0.15) is 44.6 Å². The highest BCUT2D eigenvalue weighted by Gasteiger charge is 2.47. The van der Waals surface area contributed by atoms with Gasteiger partial charge in [0.1, 0.15) is 0 Å². The van der Waals surface area contributed by atoms with E-state index in [-0.39, 0.29) is 17.3 Å². The lowest BCUT2D eigenvalue weighted by molar-refractivity contribution is -0.150. The number of rotatable bonds is 6. The van der Waals surface area contributed by atoms with Crippen LogP contribution in [0.15, 0.2) is 30.3 Å². The van der Waals surface area contributed by atoms with Gasteiger partial charge in [-0.2, -0.15) is 0 Å². The topological polar surface area (TPSA) is 52.3 Å². The minimum absolute atomic E-state index is 0.0172. The van der Waals surface area contributed by atoms with Crippen LogP contribution in [0.2, 0.25) is 0 Å². The number of carbonyl (C=O) groups is 1. The molecule has 2 rings (SSSR count).